The minimum atomic E-state index is 0.0348. The number of amides is 1. The van der Waals surface area contributed by atoms with Gasteiger partial charge in [0.2, 0.25) is 5.91 Å². The van der Waals surface area contributed by atoms with Gasteiger partial charge in [0.1, 0.15) is 0 Å². The third kappa shape index (κ3) is 3.70. The largest absolute Gasteiger partial charge is 0.399 e. The van der Waals surface area contributed by atoms with Crippen molar-refractivity contribution in [3.05, 3.63) is 29.8 Å². The van der Waals surface area contributed by atoms with Gasteiger partial charge in [-0.05, 0) is 30.5 Å². The summed E-state index contributed by atoms with van der Waals surface area (Å²) in [6.45, 7) is 4.77. The van der Waals surface area contributed by atoms with E-state index in [1.807, 2.05) is 29.2 Å². The smallest absolute Gasteiger partial charge is 0.228 e. The molecule has 0 aromatic heterocycles. The van der Waals surface area contributed by atoms with Crippen LogP contribution in [-0.4, -0.2) is 30.6 Å². The molecule has 1 unspecified atom stereocenters. The van der Waals surface area contributed by atoms with Gasteiger partial charge in [0, 0.05) is 25.4 Å². The highest BCUT2D eigenvalue weighted by Gasteiger charge is 2.27. The molecule has 1 aliphatic heterocycles. The number of carbonyl (C=O) groups excluding carboxylic acids is 1. The molecule has 104 valence electrons. The first-order valence-corrected chi connectivity index (χ1v) is 6.91. The lowest BCUT2D eigenvalue weighted by Crippen LogP contribution is -2.36. The second-order valence-corrected chi connectivity index (χ2v) is 5.07. The number of nitrogens with zero attached hydrogens (tertiary/aromatic N) is 1. The molecule has 4 nitrogen and oxygen atoms in total. The van der Waals surface area contributed by atoms with Crippen LogP contribution in [0.2, 0.25) is 0 Å². The van der Waals surface area contributed by atoms with Crippen LogP contribution in [0.25, 0.3) is 0 Å². The van der Waals surface area contributed by atoms with E-state index < -0.39 is 0 Å². The Labute approximate surface area is 114 Å². The monoisotopic (exact) mass is 262 g/mol. The molecule has 1 atom stereocenters. The zero-order valence-electron chi connectivity index (χ0n) is 11.5. The van der Waals surface area contributed by atoms with Crippen LogP contribution in [0.4, 0.5) is 5.69 Å². The van der Waals surface area contributed by atoms with Gasteiger partial charge in [0.15, 0.2) is 0 Å². The van der Waals surface area contributed by atoms with Crippen LogP contribution < -0.4 is 5.73 Å². The van der Waals surface area contributed by atoms with Gasteiger partial charge in [-0.2, -0.15) is 0 Å². The average Bonchev–Trinajstić information content (AvgIpc) is 2.91. The van der Waals surface area contributed by atoms with Crippen molar-refractivity contribution in [3.63, 3.8) is 0 Å². The molecule has 2 N–H and O–H groups in total. The molecule has 0 bridgehead atoms. The van der Waals surface area contributed by atoms with Crippen LogP contribution in [0.15, 0.2) is 24.3 Å². The zero-order valence-corrected chi connectivity index (χ0v) is 11.5. The van der Waals surface area contributed by atoms with E-state index in [0.29, 0.717) is 19.8 Å². The van der Waals surface area contributed by atoms with Gasteiger partial charge in [-0.3, -0.25) is 4.79 Å². The summed E-state index contributed by atoms with van der Waals surface area (Å²) in [6, 6.07) is 7.73. The lowest BCUT2D eigenvalue weighted by atomic mass is 10.1. The normalized spacial score (nSPS) is 18.5. The predicted octanol–water partition coefficient (Wildman–Crippen LogP) is 2.04. The summed E-state index contributed by atoms with van der Waals surface area (Å²) >= 11 is 0. The summed E-state index contributed by atoms with van der Waals surface area (Å²) in [7, 11) is 0. The molecule has 1 aromatic rings. The molecule has 1 aromatic carbocycles. The van der Waals surface area contributed by atoms with Crippen LogP contribution in [0, 0.1) is 5.92 Å². The molecule has 1 aliphatic rings. The quantitative estimate of drug-likeness (QED) is 0.826. The fraction of sp³-hybridized carbons (Fsp3) is 0.533. The van der Waals surface area contributed by atoms with Gasteiger partial charge in [0.25, 0.3) is 0 Å². The summed E-state index contributed by atoms with van der Waals surface area (Å²) in [4.78, 5) is 14.4. The number of benzene rings is 1. The lowest BCUT2D eigenvalue weighted by molar-refractivity contribution is -0.136. The maximum atomic E-state index is 12.4. The molecule has 0 spiro atoms. The van der Waals surface area contributed by atoms with E-state index in [2.05, 4.69) is 6.92 Å². The van der Waals surface area contributed by atoms with Crippen LogP contribution in [-0.2, 0) is 16.1 Å². The molecule has 0 radical (unpaired) electrons. The fourth-order valence-electron chi connectivity index (χ4n) is 2.44. The van der Waals surface area contributed by atoms with Crippen molar-refractivity contribution in [2.45, 2.75) is 26.3 Å². The summed E-state index contributed by atoms with van der Waals surface area (Å²) in [6.07, 6.45) is 1.80. The summed E-state index contributed by atoms with van der Waals surface area (Å²) < 4.78 is 5.31. The Hall–Kier alpha value is -1.55. The molecule has 19 heavy (non-hydrogen) atoms. The second kappa shape index (κ2) is 6.57. The summed E-state index contributed by atoms with van der Waals surface area (Å²) in [5.41, 5.74) is 7.61. The van der Waals surface area contributed by atoms with Crippen LogP contribution in [0.1, 0.15) is 25.3 Å². The van der Waals surface area contributed by atoms with Crippen molar-refractivity contribution in [3.8, 4) is 0 Å². The second-order valence-electron chi connectivity index (χ2n) is 5.07. The van der Waals surface area contributed by atoms with Gasteiger partial charge in [-0.1, -0.05) is 19.1 Å². The minimum absolute atomic E-state index is 0.0348. The number of nitrogen functional groups attached to an aromatic ring is 1. The Kier molecular flexibility index (Phi) is 4.80. The van der Waals surface area contributed by atoms with Gasteiger partial charge >= 0.3 is 0 Å². The molecule has 4 heteroatoms. The van der Waals surface area contributed by atoms with Crippen molar-refractivity contribution in [1.82, 2.24) is 4.90 Å². The first-order valence-electron chi connectivity index (χ1n) is 6.91. The summed E-state index contributed by atoms with van der Waals surface area (Å²) in [5, 5.41) is 0. The predicted molar refractivity (Wildman–Crippen MR) is 75.5 cm³/mol. The molecule has 0 saturated carbocycles. The van der Waals surface area contributed by atoms with Gasteiger partial charge in [-0.15, -0.1) is 0 Å². The van der Waals surface area contributed by atoms with E-state index in [4.69, 9.17) is 10.5 Å². The highest BCUT2D eigenvalue weighted by molar-refractivity contribution is 5.79. The number of hydrogen-bond donors (Lipinski definition) is 1. The first kappa shape index (κ1) is 13.9. The van der Waals surface area contributed by atoms with E-state index in [9.17, 15) is 4.79 Å². The van der Waals surface area contributed by atoms with Crippen LogP contribution in [0.3, 0.4) is 0 Å². The van der Waals surface area contributed by atoms with Crippen LogP contribution in [0.5, 0.6) is 0 Å². The molecule has 1 saturated heterocycles. The Morgan fingerprint density at radius 2 is 2.37 bits per heavy atom. The Balaban J connectivity index is 2.04. The van der Waals surface area contributed by atoms with Crippen molar-refractivity contribution in [2.75, 3.05) is 25.5 Å². The SMILES string of the molecule is CCCN(Cc1cccc(N)c1)C(=O)C1CCOC1. The van der Waals surface area contributed by atoms with Gasteiger partial charge in [-0.25, -0.2) is 0 Å². The van der Waals surface area contributed by atoms with Crippen molar-refractivity contribution in [2.24, 2.45) is 5.92 Å². The van der Waals surface area contributed by atoms with E-state index in [1.54, 1.807) is 0 Å². The highest BCUT2D eigenvalue weighted by atomic mass is 16.5. The van der Waals surface area contributed by atoms with Crippen molar-refractivity contribution in [1.29, 1.82) is 0 Å². The Bertz CT molecular complexity index is 428. The number of hydrogen-bond acceptors (Lipinski definition) is 3. The van der Waals surface area contributed by atoms with E-state index in [0.717, 1.165) is 30.6 Å². The number of nitrogens with two attached hydrogens (primary N) is 1. The summed E-state index contributed by atoms with van der Waals surface area (Å²) in [5.74, 6) is 0.245. The van der Waals surface area contributed by atoms with E-state index in [-0.39, 0.29) is 11.8 Å². The van der Waals surface area contributed by atoms with E-state index in [1.165, 1.54) is 0 Å². The van der Waals surface area contributed by atoms with E-state index >= 15 is 0 Å². The molecular formula is C15H22N2O2. The third-order valence-electron chi connectivity index (χ3n) is 3.41. The minimum Gasteiger partial charge on any atom is -0.399 e. The average molecular weight is 262 g/mol. The molecule has 1 amide bonds. The number of anilines is 1. The topological polar surface area (TPSA) is 55.6 Å². The Morgan fingerprint density at radius 1 is 1.53 bits per heavy atom. The van der Waals surface area contributed by atoms with Crippen molar-refractivity contribution < 1.29 is 9.53 Å². The number of carbonyl (C=O) groups is 1. The number of ether oxygens (including phenoxy) is 1. The van der Waals surface area contributed by atoms with Crippen molar-refractivity contribution >= 4 is 11.6 Å². The molecular weight excluding hydrogens is 240 g/mol. The molecule has 1 heterocycles. The third-order valence-corrected chi connectivity index (χ3v) is 3.41. The standard InChI is InChI=1S/C15H22N2O2/c1-2-7-17(15(18)13-6-8-19-11-13)10-12-4-3-5-14(16)9-12/h3-5,9,13H,2,6-8,10-11,16H2,1H3. The molecule has 0 aliphatic carbocycles. The zero-order chi connectivity index (χ0) is 13.7. The highest BCUT2D eigenvalue weighted by Crippen LogP contribution is 2.18. The van der Waals surface area contributed by atoms with Gasteiger partial charge in [0.05, 0.1) is 12.5 Å². The fourth-order valence-corrected chi connectivity index (χ4v) is 2.44. The lowest BCUT2D eigenvalue weighted by Gasteiger charge is -2.25. The number of rotatable bonds is 5. The molecule has 1 fully saturated rings. The molecule has 2 rings (SSSR count). The van der Waals surface area contributed by atoms with Gasteiger partial charge < -0.3 is 15.4 Å². The first-order chi connectivity index (χ1) is 9.20. The Morgan fingerprint density at radius 3 is 3.00 bits per heavy atom. The maximum Gasteiger partial charge on any atom is 0.228 e. The van der Waals surface area contributed by atoms with Crippen LogP contribution >= 0.6 is 0 Å². The maximum absolute atomic E-state index is 12.4.